The first-order valence-electron chi connectivity index (χ1n) is 6.61. The molecule has 2 unspecified atom stereocenters. The quantitative estimate of drug-likeness (QED) is 0.864. The summed E-state index contributed by atoms with van der Waals surface area (Å²) in [4.78, 5) is 1.47. The highest BCUT2D eigenvalue weighted by Gasteiger charge is 2.23. The summed E-state index contributed by atoms with van der Waals surface area (Å²) >= 11 is 5.37. The van der Waals surface area contributed by atoms with Crippen LogP contribution in [0.2, 0.25) is 0 Å². The van der Waals surface area contributed by atoms with E-state index in [2.05, 4.69) is 47.2 Å². The molecule has 0 spiro atoms. The van der Waals surface area contributed by atoms with Crippen LogP contribution in [0.25, 0.3) is 0 Å². The van der Waals surface area contributed by atoms with E-state index in [0.29, 0.717) is 0 Å². The molecule has 1 aliphatic carbocycles. The van der Waals surface area contributed by atoms with Crippen LogP contribution < -0.4 is 5.32 Å². The zero-order valence-electron chi connectivity index (χ0n) is 10.7. The highest BCUT2D eigenvalue weighted by molar-refractivity contribution is 9.11. The maximum Gasteiger partial charge on any atom is 0.0701 e. The lowest BCUT2D eigenvalue weighted by Crippen LogP contribution is -2.37. The van der Waals surface area contributed by atoms with Gasteiger partial charge in [0, 0.05) is 17.5 Å². The molecule has 0 amide bonds. The molecule has 0 radical (unpaired) electrons. The largest absolute Gasteiger partial charge is 0.314 e. The molecule has 1 heterocycles. The molecule has 0 bridgehead atoms. The van der Waals surface area contributed by atoms with Crippen LogP contribution >= 0.6 is 27.3 Å². The van der Waals surface area contributed by atoms with Gasteiger partial charge in [0.2, 0.25) is 0 Å². The van der Waals surface area contributed by atoms with Gasteiger partial charge in [-0.2, -0.15) is 0 Å². The number of thiophene rings is 1. The van der Waals surface area contributed by atoms with E-state index in [1.807, 2.05) is 11.3 Å². The van der Waals surface area contributed by atoms with Gasteiger partial charge >= 0.3 is 0 Å². The molecule has 1 fully saturated rings. The number of rotatable bonds is 4. The molecule has 1 nitrogen and oxygen atoms in total. The normalized spacial score (nSPS) is 29.5. The Morgan fingerprint density at radius 2 is 1.94 bits per heavy atom. The first-order chi connectivity index (χ1) is 8.13. The second-order valence-corrected chi connectivity index (χ2v) is 8.07. The lowest BCUT2D eigenvalue weighted by molar-refractivity contribution is 0.240. The predicted molar refractivity (Wildman–Crippen MR) is 79.7 cm³/mol. The lowest BCUT2D eigenvalue weighted by atomic mass is 9.80. The van der Waals surface area contributed by atoms with Crippen molar-refractivity contribution in [3.63, 3.8) is 0 Å². The average molecular weight is 316 g/mol. The Morgan fingerprint density at radius 3 is 2.53 bits per heavy atom. The molecule has 0 aliphatic heterocycles. The van der Waals surface area contributed by atoms with Crippen molar-refractivity contribution in [3.8, 4) is 0 Å². The number of nitrogens with one attached hydrogen (secondary N) is 1. The van der Waals surface area contributed by atoms with Crippen molar-refractivity contribution in [2.24, 2.45) is 11.8 Å². The van der Waals surface area contributed by atoms with Crippen molar-refractivity contribution >= 4 is 27.3 Å². The molecule has 17 heavy (non-hydrogen) atoms. The smallest absolute Gasteiger partial charge is 0.0701 e. The summed E-state index contributed by atoms with van der Waals surface area (Å²) in [6.45, 7) is 5.90. The van der Waals surface area contributed by atoms with Gasteiger partial charge in [-0.05, 0) is 65.6 Å². The SMILES string of the molecule is CC1CC(C)CC(NCCc2ccc(Br)s2)C1. The number of halogens is 1. The Bertz CT molecular complexity index is 340. The highest BCUT2D eigenvalue weighted by Crippen LogP contribution is 2.28. The van der Waals surface area contributed by atoms with Crippen molar-refractivity contribution in [2.75, 3.05) is 6.54 Å². The molecule has 3 heteroatoms. The summed E-state index contributed by atoms with van der Waals surface area (Å²) < 4.78 is 1.24. The summed E-state index contributed by atoms with van der Waals surface area (Å²) in [6.07, 6.45) is 5.29. The molecule has 2 rings (SSSR count). The first kappa shape index (κ1) is 13.6. The molecule has 1 aliphatic rings. The second-order valence-electron chi connectivity index (χ2n) is 5.52. The molecule has 1 saturated carbocycles. The molecular formula is C14H22BrNS. The maximum atomic E-state index is 3.73. The topological polar surface area (TPSA) is 12.0 Å². The van der Waals surface area contributed by atoms with Crippen molar-refractivity contribution in [3.05, 3.63) is 20.8 Å². The molecule has 0 saturated heterocycles. The van der Waals surface area contributed by atoms with Gasteiger partial charge in [0.15, 0.2) is 0 Å². The summed E-state index contributed by atoms with van der Waals surface area (Å²) in [5, 5.41) is 3.73. The summed E-state index contributed by atoms with van der Waals surface area (Å²) in [7, 11) is 0. The Morgan fingerprint density at radius 1 is 1.24 bits per heavy atom. The van der Waals surface area contributed by atoms with E-state index in [1.54, 1.807) is 0 Å². The van der Waals surface area contributed by atoms with E-state index in [1.165, 1.54) is 27.9 Å². The van der Waals surface area contributed by atoms with Crippen LogP contribution in [-0.4, -0.2) is 12.6 Å². The lowest BCUT2D eigenvalue weighted by Gasteiger charge is -2.32. The van der Waals surface area contributed by atoms with E-state index >= 15 is 0 Å². The Kier molecular flexibility index (Phi) is 5.07. The fraction of sp³-hybridized carbons (Fsp3) is 0.714. The van der Waals surface area contributed by atoms with Crippen LogP contribution in [-0.2, 0) is 6.42 Å². The fourth-order valence-corrected chi connectivity index (χ4v) is 4.48. The Hall–Kier alpha value is 0.140. The predicted octanol–water partition coefficient (Wildman–Crippen LogP) is 4.47. The van der Waals surface area contributed by atoms with Gasteiger partial charge in [0.1, 0.15) is 0 Å². The van der Waals surface area contributed by atoms with E-state index in [9.17, 15) is 0 Å². The van der Waals surface area contributed by atoms with Crippen LogP contribution in [0, 0.1) is 11.8 Å². The summed E-state index contributed by atoms with van der Waals surface area (Å²) in [6, 6.07) is 5.12. The number of hydrogen-bond acceptors (Lipinski definition) is 2. The average Bonchev–Trinajstić information content (AvgIpc) is 2.63. The van der Waals surface area contributed by atoms with E-state index in [-0.39, 0.29) is 0 Å². The molecular weight excluding hydrogens is 294 g/mol. The monoisotopic (exact) mass is 315 g/mol. The molecule has 96 valence electrons. The van der Waals surface area contributed by atoms with Crippen molar-refractivity contribution < 1.29 is 0 Å². The third-order valence-electron chi connectivity index (χ3n) is 3.61. The third kappa shape index (κ3) is 4.38. The Labute approximate surface area is 117 Å². The second kappa shape index (κ2) is 6.35. The van der Waals surface area contributed by atoms with Crippen LogP contribution in [0.5, 0.6) is 0 Å². The summed E-state index contributed by atoms with van der Waals surface area (Å²) in [5.41, 5.74) is 0. The molecule has 0 aromatic carbocycles. The molecule has 1 N–H and O–H groups in total. The number of hydrogen-bond donors (Lipinski definition) is 1. The zero-order valence-corrected chi connectivity index (χ0v) is 13.1. The minimum Gasteiger partial charge on any atom is -0.314 e. The minimum atomic E-state index is 0.747. The molecule has 2 atom stereocenters. The highest BCUT2D eigenvalue weighted by atomic mass is 79.9. The molecule has 1 aromatic heterocycles. The van der Waals surface area contributed by atoms with Gasteiger partial charge in [0.05, 0.1) is 3.79 Å². The third-order valence-corrected chi connectivity index (χ3v) is 5.30. The van der Waals surface area contributed by atoms with Crippen molar-refractivity contribution in [1.82, 2.24) is 5.32 Å². The van der Waals surface area contributed by atoms with E-state index in [4.69, 9.17) is 0 Å². The van der Waals surface area contributed by atoms with Crippen LogP contribution in [0.1, 0.15) is 38.0 Å². The van der Waals surface area contributed by atoms with E-state index < -0.39 is 0 Å². The van der Waals surface area contributed by atoms with Crippen LogP contribution in [0.3, 0.4) is 0 Å². The molecule has 1 aromatic rings. The maximum absolute atomic E-state index is 3.73. The fourth-order valence-electron chi connectivity index (χ4n) is 3.00. The zero-order chi connectivity index (χ0) is 12.3. The summed E-state index contributed by atoms with van der Waals surface area (Å²) in [5.74, 6) is 1.79. The van der Waals surface area contributed by atoms with Gasteiger partial charge in [-0.25, -0.2) is 0 Å². The van der Waals surface area contributed by atoms with E-state index in [0.717, 1.165) is 30.8 Å². The van der Waals surface area contributed by atoms with Gasteiger partial charge in [-0.1, -0.05) is 13.8 Å². The van der Waals surface area contributed by atoms with Crippen LogP contribution in [0.15, 0.2) is 15.9 Å². The standard InChI is InChI=1S/C14H22BrNS/c1-10-7-11(2)9-12(8-10)16-6-5-13-3-4-14(15)17-13/h3-4,10-12,16H,5-9H2,1-2H3. The van der Waals surface area contributed by atoms with Crippen molar-refractivity contribution in [2.45, 2.75) is 45.6 Å². The van der Waals surface area contributed by atoms with Gasteiger partial charge in [0.25, 0.3) is 0 Å². The van der Waals surface area contributed by atoms with Crippen LogP contribution in [0.4, 0.5) is 0 Å². The first-order valence-corrected chi connectivity index (χ1v) is 8.22. The van der Waals surface area contributed by atoms with Gasteiger partial charge in [-0.3, -0.25) is 0 Å². The van der Waals surface area contributed by atoms with Crippen molar-refractivity contribution in [1.29, 1.82) is 0 Å². The van der Waals surface area contributed by atoms with Gasteiger partial charge in [-0.15, -0.1) is 11.3 Å². The minimum absolute atomic E-state index is 0.747. The Balaban J connectivity index is 1.71. The van der Waals surface area contributed by atoms with Gasteiger partial charge < -0.3 is 5.32 Å².